The molecule has 1 heterocycles. The molecule has 2 aromatic rings. The van der Waals surface area contributed by atoms with E-state index in [0.717, 1.165) is 22.6 Å². The first-order valence-electron chi connectivity index (χ1n) is 7.70. The Bertz CT molecular complexity index is 598. The van der Waals surface area contributed by atoms with Gasteiger partial charge in [0, 0.05) is 35.8 Å². The van der Waals surface area contributed by atoms with E-state index in [4.69, 9.17) is 5.73 Å². The number of nitrogens with one attached hydrogen (secondary N) is 1. The zero-order valence-electron chi connectivity index (χ0n) is 12.6. The van der Waals surface area contributed by atoms with Crippen molar-refractivity contribution in [2.45, 2.75) is 26.2 Å². The van der Waals surface area contributed by atoms with Crippen molar-refractivity contribution in [1.29, 1.82) is 0 Å². The quantitative estimate of drug-likeness (QED) is 0.824. The summed E-state index contributed by atoms with van der Waals surface area (Å²) >= 11 is 0. The van der Waals surface area contributed by atoms with Crippen molar-refractivity contribution < 1.29 is 0 Å². The van der Waals surface area contributed by atoms with Crippen LogP contribution in [-0.4, -0.2) is 13.1 Å². The van der Waals surface area contributed by atoms with E-state index in [0.29, 0.717) is 0 Å². The molecule has 110 valence electrons. The average molecular weight is 281 g/mol. The minimum atomic E-state index is 0.824. The molecular weight excluding hydrogens is 258 g/mol. The Kier molecular flexibility index (Phi) is 4.00. The zero-order chi connectivity index (χ0) is 14.7. The zero-order valence-corrected chi connectivity index (χ0v) is 12.6. The van der Waals surface area contributed by atoms with Crippen molar-refractivity contribution >= 4 is 22.7 Å². The van der Waals surface area contributed by atoms with Gasteiger partial charge >= 0.3 is 0 Å². The van der Waals surface area contributed by atoms with E-state index in [1.165, 1.54) is 38.0 Å². The first kappa shape index (κ1) is 13.8. The smallest absolute Gasteiger partial charge is 0.0405 e. The molecule has 3 nitrogen and oxygen atoms in total. The molecule has 3 rings (SSSR count). The number of anilines is 4. The molecule has 0 radical (unpaired) electrons. The standard InChI is InChI=1S/C18H23N3/c1-14-5-6-16(13-18(14)19)20-15-7-9-17(10-8-15)21-11-3-2-4-12-21/h5-10,13,20H,2-4,11-12,19H2,1H3. The van der Waals surface area contributed by atoms with Gasteiger partial charge in [-0.2, -0.15) is 0 Å². The number of nitrogens with zero attached hydrogens (tertiary/aromatic N) is 1. The number of piperidine rings is 1. The molecule has 0 amide bonds. The minimum absolute atomic E-state index is 0.824. The van der Waals surface area contributed by atoms with Crippen LogP contribution in [0.25, 0.3) is 0 Å². The maximum atomic E-state index is 5.95. The highest BCUT2D eigenvalue weighted by molar-refractivity contribution is 5.67. The van der Waals surface area contributed by atoms with E-state index in [1.54, 1.807) is 0 Å². The summed E-state index contributed by atoms with van der Waals surface area (Å²) in [5, 5.41) is 3.40. The number of benzene rings is 2. The lowest BCUT2D eigenvalue weighted by Gasteiger charge is -2.28. The third-order valence-electron chi connectivity index (χ3n) is 4.16. The topological polar surface area (TPSA) is 41.3 Å². The van der Waals surface area contributed by atoms with Crippen molar-refractivity contribution in [1.82, 2.24) is 0 Å². The minimum Gasteiger partial charge on any atom is -0.398 e. The van der Waals surface area contributed by atoms with Gasteiger partial charge in [-0.15, -0.1) is 0 Å². The van der Waals surface area contributed by atoms with Gasteiger partial charge < -0.3 is 16.0 Å². The lowest BCUT2D eigenvalue weighted by molar-refractivity contribution is 0.578. The number of hydrogen-bond acceptors (Lipinski definition) is 3. The van der Waals surface area contributed by atoms with Gasteiger partial charge in [0.2, 0.25) is 0 Å². The number of rotatable bonds is 3. The third kappa shape index (κ3) is 3.30. The molecule has 0 bridgehead atoms. The van der Waals surface area contributed by atoms with Crippen LogP contribution in [0.15, 0.2) is 42.5 Å². The predicted octanol–water partition coefficient (Wildman–Crippen LogP) is 4.31. The summed E-state index contributed by atoms with van der Waals surface area (Å²) in [5.74, 6) is 0. The van der Waals surface area contributed by atoms with Crippen molar-refractivity contribution in [2.24, 2.45) is 0 Å². The van der Waals surface area contributed by atoms with E-state index in [2.05, 4.69) is 40.5 Å². The summed E-state index contributed by atoms with van der Waals surface area (Å²) in [5.41, 5.74) is 11.3. The SMILES string of the molecule is Cc1ccc(Nc2ccc(N3CCCCC3)cc2)cc1N. The van der Waals surface area contributed by atoms with Crippen molar-refractivity contribution in [3.63, 3.8) is 0 Å². The lowest BCUT2D eigenvalue weighted by Crippen LogP contribution is -2.29. The van der Waals surface area contributed by atoms with Gasteiger partial charge in [-0.05, 0) is 68.1 Å². The second kappa shape index (κ2) is 6.08. The highest BCUT2D eigenvalue weighted by atomic mass is 15.1. The lowest BCUT2D eigenvalue weighted by atomic mass is 10.1. The van der Waals surface area contributed by atoms with Crippen LogP contribution in [0.2, 0.25) is 0 Å². The maximum Gasteiger partial charge on any atom is 0.0405 e. The first-order valence-corrected chi connectivity index (χ1v) is 7.70. The molecule has 1 fully saturated rings. The van der Waals surface area contributed by atoms with Gasteiger partial charge in [0.1, 0.15) is 0 Å². The number of hydrogen-bond donors (Lipinski definition) is 2. The van der Waals surface area contributed by atoms with Gasteiger partial charge in [0.25, 0.3) is 0 Å². The number of aryl methyl sites for hydroxylation is 1. The van der Waals surface area contributed by atoms with E-state index < -0.39 is 0 Å². The van der Waals surface area contributed by atoms with E-state index >= 15 is 0 Å². The highest BCUT2D eigenvalue weighted by Gasteiger charge is 2.10. The van der Waals surface area contributed by atoms with Crippen LogP contribution in [0.5, 0.6) is 0 Å². The Morgan fingerprint density at radius 2 is 1.57 bits per heavy atom. The molecular formula is C18H23N3. The van der Waals surface area contributed by atoms with Crippen LogP contribution >= 0.6 is 0 Å². The molecule has 3 heteroatoms. The summed E-state index contributed by atoms with van der Waals surface area (Å²) in [4.78, 5) is 2.47. The Morgan fingerprint density at radius 1 is 0.905 bits per heavy atom. The van der Waals surface area contributed by atoms with Crippen LogP contribution in [0, 0.1) is 6.92 Å². The van der Waals surface area contributed by atoms with Gasteiger partial charge in [-0.1, -0.05) is 6.07 Å². The molecule has 2 aromatic carbocycles. The fraction of sp³-hybridized carbons (Fsp3) is 0.333. The fourth-order valence-corrected chi connectivity index (χ4v) is 2.79. The third-order valence-corrected chi connectivity index (χ3v) is 4.16. The predicted molar refractivity (Wildman–Crippen MR) is 91.4 cm³/mol. The largest absolute Gasteiger partial charge is 0.398 e. The maximum absolute atomic E-state index is 5.95. The van der Waals surface area contributed by atoms with Crippen molar-refractivity contribution in [3.8, 4) is 0 Å². The van der Waals surface area contributed by atoms with Crippen LogP contribution in [0.3, 0.4) is 0 Å². The van der Waals surface area contributed by atoms with Crippen LogP contribution in [0.1, 0.15) is 24.8 Å². The Balaban J connectivity index is 1.70. The molecule has 1 saturated heterocycles. The first-order chi connectivity index (χ1) is 10.2. The van der Waals surface area contributed by atoms with Crippen molar-refractivity contribution in [2.75, 3.05) is 29.0 Å². The van der Waals surface area contributed by atoms with E-state index in [9.17, 15) is 0 Å². The second-order valence-corrected chi connectivity index (χ2v) is 5.79. The number of nitrogens with two attached hydrogens (primary N) is 1. The average Bonchev–Trinajstić information content (AvgIpc) is 2.53. The Hall–Kier alpha value is -2.16. The molecule has 0 saturated carbocycles. The summed E-state index contributed by atoms with van der Waals surface area (Å²) in [6, 6.07) is 14.8. The van der Waals surface area contributed by atoms with Gasteiger partial charge in [0.15, 0.2) is 0 Å². The van der Waals surface area contributed by atoms with Crippen LogP contribution < -0.4 is 16.0 Å². The summed E-state index contributed by atoms with van der Waals surface area (Å²) in [7, 11) is 0. The molecule has 1 aliphatic heterocycles. The molecule has 0 spiro atoms. The molecule has 1 aliphatic rings. The Labute approximate surface area is 126 Å². The molecule has 0 atom stereocenters. The molecule has 0 aliphatic carbocycles. The molecule has 0 unspecified atom stereocenters. The van der Waals surface area contributed by atoms with Gasteiger partial charge in [-0.25, -0.2) is 0 Å². The molecule has 0 aromatic heterocycles. The van der Waals surface area contributed by atoms with E-state index in [1.807, 2.05) is 19.1 Å². The van der Waals surface area contributed by atoms with Crippen molar-refractivity contribution in [3.05, 3.63) is 48.0 Å². The van der Waals surface area contributed by atoms with Gasteiger partial charge in [-0.3, -0.25) is 0 Å². The summed E-state index contributed by atoms with van der Waals surface area (Å²) in [6.07, 6.45) is 3.98. The fourth-order valence-electron chi connectivity index (χ4n) is 2.79. The Morgan fingerprint density at radius 3 is 2.24 bits per heavy atom. The van der Waals surface area contributed by atoms with Crippen LogP contribution in [-0.2, 0) is 0 Å². The normalized spacial score (nSPS) is 15.0. The monoisotopic (exact) mass is 281 g/mol. The summed E-state index contributed by atoms with van der Waals surface area (Å²) < 4.78 is 0. The number of nitrogen functional groups attached to an aromatic ring is 1. The van der Waals surface area contributed by atoms with Gasteiger partial charge in [0.05, 0.1) is 0 Å². The van der Waals surface area contributed by atoms with Crippen LogP contribution in [0.4, 0.5) is 22.7 Å². The molecule has 21 heavy (non-hydrogen) atoms. The highest BCUT2D eigenvalue weighted by Crippen LogP contribution is 2.25. The second-order valence-electron chi connectivity index (χ2n) is 5.79. The van der Waals surface area contributed by atoms with E-state index in [-0.39, 0.29) is 0 Å². The summed E-state index contributed by atoms with van der Waals surface area (Å²) in [6.45, 7) is 4.38. The molecule has 3 N–H and O–H groups in total.